The van der Waals surface area contributed by atoms with Crippen LogP contribution >= 0.6 is 0 Å². The quantitative estimate of drug-likeness (QED) is 0.838. The summed E-state index contributed by atoms with van der Waals surface area (Å²) in [6.45, 7) is 6.43. The molecule has 0 saturated heterocycles. The van der Waals surface area contributed by atoms with Crippen molar-refractivity contribution in [1.29, 1.82) is 0 Å². The number of furan rings is 1. The predicted molar refractivity (Wildman–Crippen MR) is 81.4 cm³/mol. The van der Waals surface area contributed by atoms with Crippen LogP contribution in [0.3, 0.4) is 0 Å². The van der Waals surface area contributed by atoms with Gasteiger partial charge in [-0.2, -0.15) is 0 Å². The molecule has 108 valence electrons. The molecular weight excluding hydrogens is 250 g/mol. The minimum atomic E-state index is 0.240. The molecule has 0 bridgehead atoms. The van der Waals surface area contributed by atoms with Crippen LogP contribution in [0, 0.1) is 0 Å². The second kappa shape index (κ2) is 7.27. The second-order valence-electron chi connectivity index (χ2n) is 5.10. The predicted octanol–water partition coefficient (Wildman–Crippen LogP) is 3.54. The first kappa shape index (κ1) is 14.8. The van der Waals surface area contributed by atoms with Gasteiger partial charge < -0.3 is 9.52 Å². The number of benzene rings is 1. The van der Waals surface area contributed by atoms with E-state index in [1.54, 1.807) is 6.26 Å². The Balaban J connectivity index is 2.11. The summed E-state index contributed by atoms with van der Waals surface area (Å²) in [6, 6.07) is 12.7. The first-order valence-electron chi connectivity index (χ1n) is 7.22. The maximum atomic E-state index is 9.08. The molecular formula is C17H23NO2. The highest BCUT2D eigenvalue weighted by molar-refractivity contribution is 5.58. The average molecular weight is 273 g/mol. The van der Waals surface area contributed by atoms with Crippen molar-refractivity contribution in [2.45, 2.75) is 32.9 Å². The van der Waals surface area contributed by atoms with Gasteiger partial charge in [0.15, 0.2) is 0 Å². The smallest absolute Gasteiger partial charge is 0.133 e. The van der Waals surface area contributed by atoms with Crippen molar-refractivity contribution < 1.29 is 9.52 Å². The van der Waals surface area contributed by atoms with Gasteiger partial charge in [-0.3, -0.25) is 4.90 Å². The molecule has 3 nitrogen and oxygen atoms in total. The van der Waals surface area contributed by atoms with Crippen LogP contribution in [0.25, 0.3) is 11.3 Å². The van der Waals surface area contributed by atoms with Crippen LogP contribution in [0.2, 0.25) is 0 Å². The molecule has 1 aromatic carbocycles. The second-order valence-corrected chi connectivity index (χ2v) is 5.10. The van der Waals surface area contributed by atoms with E-state index < -0.39 is 0 Å². The van der Waals surface area contributed by atoms with E-state index in [4.69, 9.17) is 9.52 Å². The third-order valence-electron chi connectivity index (χ3n) is 3.69. The van der Waals surface area contributed by atoms with E-state index in [1.165, 1.54) is 5.56 Å². The van der Waals surface area contributed by atoms with E-state index in [1.807, 2.05) is 12.1 Å². The Bertz CT molecular complexity index is 507. The van der Waals surface area contributed by atoms with Crippen molar-refractivity contribution in [3.05, 3.63) is 48.2 Å². The summed E-state index contributed by atoms with van der Waals surface area (Å²) in [5.74, 6) is 0.901. The molecule has 1 aromatic heterocycles. The topological polar surface area (TPSA) is 36.6 Å². The van der Waals surface area contributed by atoms with Gasteiger partial charge in [-0.25, -0.2) is 0 Å². The van der Waals surface area contributed by atoms with Gasteiger partial charge >= 0.3 is 0 Å². The molecule has 1 atom stereocenters. The van der Waals surface area contributed by atoms with Crippen molar-refractivity contribution in [3.63, 3.8) is 0 Å². The minimum Gasteiger partial charge on any atom is -0.464 e. The highest BCUT2D eigenvalue weighted by atomic mass is 16.3. The van der Waals surface area contributed by atoms with E-state index in [0.29, 0.717) is 6.04 Å². The zero-order chi connectivity index (χ0) is 14.4. The number of aliphatic hydroxyl groups is 1. The Hall–Kier alpha value is -1.58. The highest BCUT2D eigenvalue weighted by Crippen LogP contribution is 2.22. The van der Waals surface area contributed by atoms with E-state index in [2.05, 4.69) is 43.0 Å². The van der Waals surface area contributed by atoms with Crippen molar-refractivity contribution in [1.82, 2.24) is 4.90 Å². The summed E-state index contributed by atoms with van der Waals surface area (Å²) in [5.41, 5.74) is 2.38. The molecule has 2 aromatic rings. The molecule has 2 rings (SSSR count). The van der Waals surface area contributed by atoms with Gasteiger partial charge in [0.25, 0.3) is 0 Å². The van der Waals surface area contributed by atoms with Crippen molar-refractivity contribution in [2.24, 2.45) is 0 Å². The Kier molecular flexibility index (Phi) is 5.39. The van der Waals surface area contributed by atoms with Crippen LogP contribution in [0.1, 0.15) is 25.8 Å². The van der Waals surface area contributed by atoms with Crippen LogP contribution in [-0.2, 0) is 6.54 Å². The molecule has 0 aliphatic rings. The van der Waals surface area contributed by atoms with Gasteiger partial charge in [0, 0.05) is 24.8 Å². The number of rotatable bonds is 7. The fourth-order valence-corrected chi connectivity index (χ4v) is 2.45. The van der Waals surface area contributed by atoms with Gasteiger partial charge in [0.1, 0.15) is 5.76 Å². The van der Waals surface area contributed by atoms with Crippen LogP contribution in [0.4, 0.5) is 0 Å². The zero-order valence-electron chi connectivity index (χ0n) is 12.2. The molecule has 0 fully saturated rings. The molecule has 0 aliphatic carbocycles. The van der Waals surface area contributed by atoms with Crippen LogP contribution in [-0.4, -0.2) is 29.2 Å². The molecule has 0 spiro atoms. The lowest BCUT2D eigenvalue weighted by atomic mass is 10.1. The van der Waals surface area contributed by atoms with E-state index in [-0.39, 0.29) is 6.61 Å². The van der Waals surface area contributed by atoms with Crippen LogP contribution in [0.15, 0.2) is 47.1 Å². The van der Waals surface area contributed by atoms with E-state index >= 15 is 0 Å². The van der Waals surface area contributed by atoms with Crippen molar-refractivity contribution in [2.75, 3.05) is 13.2 Å². The molecule has 1 heterocycles. The maximum absolute atomic E-state index is 9.08. The third kappa shape index (κ3) is 3.71. The van der Waals surface area contributed by atoms with Gasteiger partial charge in [0.05, 0.1) is 6.26 Å². The fraction of sp³-hybridized carbons (Fsp3) is 0.412. The fourth-order valence-electron chi connectivity index (χ4n) is 2.45. The van der Waals surface area contributed by atoms with E-state index in [9.17, 15) is 0 Å². The lowest BCUT2D eigenvalue weighted by molar-refractivity contribution is 0.167. The van der Waals surface area contributed by atoms with Crippen LogP contribution < -0.4 is 0 Å². The molecule has 0 aliphatic heterocycles. The number of hydrogen-bond acceptors (Lipinski definition) is 3. The van der Waals surface area contributed by atoms with Crippen LogP contribution in [0.5, 0.6) is 0 Å². The van der Waals surface area contributed by atoms with Crippen molar-refractivity contribution >= 4 is 0 Å². The Morgan fingerprint density at radius 3 is 2.75 bits per heavy atom. The summed E-state index contributed by atoms with van der Waals surface area (Å²) < 4.78 is 5.45. The van der Waals surface area contributed by atoms with Gasteiger partial charge in [-0.15, -0.1) is 0 Å². The number of aliphatic hydroxyl groups excluding tert-OH is 1. The number of nitrogens with zero attached hydrogens (tertiary/aromatic N) is 1. The molecule has 3 heteroatoms. The standard InChI is InChI=1S/C17H23NO2/c1-3-18(14(2)9-10-19)13-15-6-4-7-16(12-15)17-8-5-11-20-17/h4-8,11-12,14,19H,3,9-10,13H2,1-2H3. The molecule has 0 radical (unpaired) electrons. The largest absolute Gasteiger partial charge is 0.464 e. The summed E-state index contributed by atoms with van der Waals surface area (Å²) in [4.78, 5) is 2.37. The molecule has 0 amide bonds. The van der Waals surface area contributed by atoms with Gasteiger partial charge in [-0.1, -0.05) is 25.1 Å². The lowest BCUT2D eigenvalue weighted by Gasteiger charge is -2.27. The molecule has 20 heavy (non-hydrogen) atoms. The zero-order valence-corrected chi connectivity index (χ0v) is 12.2. The first-order valence-corrected chi connectivity index (χ1v) is 7.22. The Labute approximate surface area is 120 Å². The normalized spacial score (nSPS) is 12.8. The third-order valence-corrected chi connectivity index (χ3v) is 3.69. The minimum absolute atomic E-state index is 0.240. The van der Waals surface area contributed by atoms with Gasteiger partial charge in [0.2, 0.25) is 0 Å². The Morgan fingerprint density at radius 1 is 1.25 bits per heavy atom. The number of hydrogen-bond donors (Lipinski definition) is 1. The average Bonchev–Trinajstić information content (AvgIpc) is 2.99. The SMILES string of the molecule is CCN(Cc1cccc(-c2ccco2)c1)C(C)CCO. The van der Waals surface area contributed by atoms with Crippen molar-refractivity contribution in [3.8, 4) is 11.3 Å². The Morgan fingerprint density at radius 2 is 2.10 bits per heavy atom. The monoisotopic (exact) mass is 273 g/mol. The summed E-state index contributed by atoms with van der Waals surface area (Å²) in [6.07, 6.45) is 2.51. The summed E-state index contributed by atoms with van der Waals surface area (Å²) >= 11 is 0. The highest BCUT2D eigenvalue weighted by Gasteiger charge is 2.12. The summed E-state index contributed by atoms with van der Waals surface area (Å²) in [7, 11) is 0. The first-order chi connectivity index (χ1) is 9.74. The lowest BCUT2D eigenvalue weighted by Crippen LogP contribution is -2.33. The molecule has 0 saturated carbocycles. The summed E-state index contributed by atoms with van der Waals surface area (Å²) in [5, 5.41) is 9.08. The van der Waals surface area contributed by atoms with Gasteiger partial charge in [-0.05, 0) is 43.7 Å². The molecule has 1 unspecified atom stereocenters. The van der Waals surface area contributed by atoms with E-state index in [0.717, 1.165) is 30.8 Å². The maximum Gasteiger partial charge on any atom is 0.133 e. The molecule has 1 N–H and O–H groups in total.